The first-order valence-electron chi connectivity index (χ1n) is 4.51. The van der Waals surface area contributed by atoms with Crippen molar-refractivity contribution in [1.29, 1.82) is 0 Å². The molecule has 0 aromatic carbocycles. The lowest BCUT2D eigenvalue weighted by Crippen LogP contribution is -2.30. The Morgan fingerprint density at radius 3 is 2.50 bits per heavy atom. The predicted molar refractivity (Wildman–Crippen MR) is 54.2 cm³/mol. The highest BCUT2D eigenvalue weighted by molar-refractivity contribution is 5.34. The van der Waals surface area contributed by atoms with Gasteiger partial charge in [-0.1, -0.05) is 32.2 Å². The van der Waals surface area contributed by atoms with Crippen molar-refractivity contribution in [3.05, 3.63) is 36.5 Å². The molecule has 0 spiro atoms. The summed E-state index contributed by atoms with van der Waals surface area (Å²) in [7, 11) is 0. The molecule has 0 radical (unpaired) electrons. The number of hydrogen-bond acceptors (Lipinski definition) is 1. The lowest BCUT2D eigenvalue weighted by atomic mass is 10.0. The zero-order valence-corrected chi connectivity index (χ0v) is 7.84. The summed E-state index contributed by atoms with van der Waals surface area (Å²) in [6, 6.07) is 0. The summed E-state index contributed by atoms with van der Waals surface area (Å²) in [5.41, 5.74) is 2.72. The molecule has 0 aromatic rings. The number of hydrogen-bond donors (Lipinski definition) is 0. The fraction of sp³-hybridized carbons (Fsp3) is 0.455. The molecule has 0 aliphatic carbocycles. The van der Waals surface area contributed by atoms with Gasteiger partial charge in [-0.3, -0.25) is 4.90 Å². The quantitative estimate of drug-likeness (QED) is 0.617. The summed E-state index contributed by atoms with van der Waals surface area (Å²) in [6.07, 6.45) is 5.04. The summed E-state index contributed by atoms with van der Waals surface area (Å²) in [5, 5.41) is 0. The summed E-state index contributed by atoms with van der Waals surface area (Å²) >= 11 is 0. The highest BCUT2D eigenvalue weighted by Crippen LogP contribution is 2.18. The van der Waals surface area contributed by atoms with Gasteiger partial charge in [-0.2, -0.15) is 0 Å². The van der Waals surface area contributed by atoms with Gasteiger partial charge in [0.2, 0.25) is 0 Å². The van der Waals surface area contributed by atoms with E-state index in [1.807, 2.05) is 12.2 Å². The normalized spacial score (nSPS) is 19.4. The van der Waals surface area contributed by atoms with Crippen LogP contribution in [0.15, 0.2) is 36.5 Å². The number of likely N-dealkylation sites (N-methyl/N-ethyl adjacent to an activating group) is 1. The first-order valence-corrected chi connectivity index (χ1v) is 4.51. The van der Waals surface area contributed by atoms with E-state index < -0.39 is 0 Å². The van der Waals surface area contributed by atoms with E-state index in [0.29, 0.717) is 0 Å². The first-order chi connectivity index (χ1) is 5.81. The molecule has 0 unspecified atom stereocenters. The van der Waals surface area contributed by atoms with Crippen LogP contribution in [0.3, 0.4) is 0 Å². The third-order valence-corrected chi connectivity index (χ3v) is 2.44. The van der Waals surface area contributed by atoms with Gasteiger partial charge in [0.15, 0.2) is 0 Å². The predicted octanol–water partition coefficient (Wildman–Crippen LogP) is 2.38. The van der Waals surface area contributed by atoms with Crippen molar-refractivity contribution in [2.75, 3.05) is 19.6 Å². The summed E-state index contributed by atoms with van der Waals surface area (Å²) in [4.78, 5) is 2.42. The van der Waals surface area contributed by atoms with E-state index in [0.717, 1.165) is 26.1 Å². The van der Waals surface area contributed by atoms with Crippen LogP contribution in [0.2, 0.25) is 0 Å². The molecule has 0 saturated heterocycles. The van der Waals surface area contributed by atoms with E-state index in [1.165, 1.54) is 11.1 Å². The molecule has 1 heteroatoms. The second-order valence-electron chi connectivity index (χ2n) is 3.08. The SMILES string of the molecule is C=CC1=C(C=C)CN(CC)CC1. The highest BCUT2D eigenvalue weighted by Gasteiger charge is 2.12. The van der Waals surface area contributed by atoms with Crippen LogP contribution < -0.4 is 0 Å². The van der Waals surface area contributed by atoms with Gasteiger partial charge in [-0.25, -0.2) is 0 Å². The zero-order valence-electron chi connectivity index (χ0n) is 7.84. The van der Waals surface area contributed by atoms with Gasteiger partial charge < -0.3 is 0 Å². The van der Waals surface area contributed by atoms with Crippen LogP contribution in [0, 0.1) is 0 Å². The maximum atomic E-state index is 3.82. The van der Waals surface area contributed by atoms with Gasteiger partial charge in [0.1, 0.15) is 0 Å². The number of allylic oxidation sites excluding steroid dienone is 1. The Labute approximate surface area is 75.1 Å². The van der Waals surface area contributed by atoms with E-state index in [2.05, 4.69) is 25.0 Å². The van der Waals surface area contributed by atoms with E-state index >= 15 is 0 Å². The minimum absolute atomic E-state index is 1.04. The van der Waals surface area contributed by atoms with Gasteiger partial charge in [-0.05, 0) is 24.1 Å². The molecule has 0 saturated carbocycles. The van der Waals surface area contributed by atoms with E-state index in [-0.39, 0.29) is 0 Å². The molecule has 1 rings (SSSR count). The minimum atomic E-state index is 1.04. The van der Waals surface area contributed by atoms with Crippen LogP contribution in [0.25, 0.3) is 0 Å². The van der Waals surface area contributed by atoms with Gasteiger partial charge in [0, 0.05) is 13.1 Å². The Morgan fingerprint density at radius 2 is 2.00 bits per heavy atom. The summed E-state index contributed by atoms with van der Waals surface area (Å²) in [6.45, 7) is 13.2. The maximum absolute atomic E-state index is 3.82. The Balaban J connectivity index is 2.76. The molecule has 1 nitrogen and oxygen atoms in total. The van der Waals surface area contributed by atoms with Crippen LogP contribution in [0.4, 0.5) is 0 Å². The molecular formula is C11H17N. The Bertz CT molecular complexity index is 213. The molecular weight excluding hydrogens is 146 g/mol. The number of nitrogens with zero attached hydrogens (tertiary/aromatic N) is 1. The molecule has 1 aliphatic rings. The zero-order chi connectivity index (χ0) is 8.97. The molecule has 12 heavy (non-hydrogen) atoms. The third-order valence-electron chi connectivity index (χ3n) is 2.44. The van der Waals surface area contributed by atoms with Crippen LogP contribution >= 0.6 is 0 Å². The fourth-order valence-corrected chi connectivity index (χ4v) is 1.56. The lowest BCUT2D eigenvalue weighted by molar-refractivity contribution is 0.305. The Hall–Kier alpha value is -0.820. The molecule has 0 N–H and O–H groups in total. The monoisotopic (exact) mass is 163 g/mol. The first kappa shape index (κ1) is 9.27. The highest BCUT2D eigenvalue weighted by atomic mass is 15.1. The topological polar surface area (TPSA) is 3.24 Å². The van der Waals surface area contributed by atoms with Crippen LogP contribution in [0.5, 0.6) is 0 Å². The van der Waals surface area contributed by atoms with E-state index in [9.17, 15) is 0 Å². The standard InChI is InChI=1S/C11H17N/c1-4-10-7-8-12(6-3)9-11(10)5-2/h4-5H,1-2,6-9H2,3H3. The van der Waals surface area contributed by atoms with Gasteiger partial charge in [-0.15, -0.1) is 0 Å². The Morgan fingerprint density at radius 1 is 1.33 bits per heavy atom. The van der Waals surface area contributed by atoms with Crippen molar-refractivity contribution >= 4 is 0 Å². The van der Waals surface area contributed by atoms with Gasteiger partial charge in [0.25, 0.3) is 0 Å². The average molecular weight is 163 g/mol. The van der Waals surface area contributed by atoms with Crippen LogP contribution in [0.1, 0.15) is 13.3 Å². The van der Waals surface area contributed by atoms with Crippen molar-refractivity contribution < 1.29 is 0 Å². The molecule has 0 fully saturated rings. The van der Waals surface area contributed by atoms with Gasteiger partial charge >= 0.3 is 0 Å². The maximum Gasteiger partial charge on any atom is 0.0236 e. The minimum Gasteiger partial charge on any atom is -0.299 e. The second-order valence-corrected chi connectivity index (χ2v) is 3.08. The Kier molecular flexibility index (Phi) is 3.30. The smallest absolute Gasteiger partial charge is 0.0236 e. The number of rotatable bonds is 3. The molecule has 0 bridgehead atoms. The second kappa shape index (κ2) is 4.27. The summed E-state index contributed by atoms with van der Waals surface area (Å²) < 4.78 is 0. The molecule has 1 heterocycles. The fourth-order valence-electron chi connectivity index (χ4n) is 1.56. The van der Waals surface area contributed by atoms with Crippen molar-refractivity contribution in [2.24, 2.45) is 0 Å². The average Bonchev–Trinajstić information content (AvgIpc) is 2.16. The van der Waals surface area contributed by atoms with Crippen LogP contribution in [-0.4, -0.2) is 24.5 Å². The van der Waals surface area contributed by atoms with Crippen LogP contribution in [-0.2, 0) is 0 Å². The van der Waals surface area contributed by atoms with Crippen molar-refractivity contribution in [2.45, 2.75) is 13.3 Å². The molecule has 0 atom stereocenters. The summed E-state index contributed by atoms with van der Waals surface area (Å²) in [5.74, 6) is 0. The van der Waals surface area contributed by atoms with Gasteiger partial charge in [0.05, 0.1) is 0 Å². The largest absolute Gasteiger partial charge is 0.299 e. The van der Waals surface area contributed by atoms with Crippen molar-refractivity contribution in [1.82, 2.24) is 4.90 Å². The van der Waals surface area contributed by atoms with Crippen molar-refractivity contribution in [3.8, 4) is 0 Å². The molecule has 66 valence electrons. The molecule has 0 amide bonds. The van der Waals surface area contributed by atoms with E-state index in [4.69, 9.17) is 0 Å². The molecule has 1 aliphatic heterocycles. The third kappa shape index (κ3) is 1.86. The lowest BCUT2D eigenvalue weighted by Gasteiger charge is -2.27. The molecule has 0 aromatic heterocycles. The van der Waals surface area contributed by atoms with Crippen molar-refractivity contribution in [3.63, 3.8) is 0 Å². The van der Waals surface area contributed by atoms with E-state index in [1.54, 1.807) is 0 Å².